The lowest BCUT2D eigenvalue weighted by molar-refractivity contribution is -0.384. The van der Waals surface area contributed by atoms with Crippen LogP contribution in [0.15, 0.2) is 41.3 Å². The highest BCUT2D eigenvalue weighted by molar-refractivity contribution is 7.90. The van der Waals surface area contributed by atoms with E-state index in [2.05, 4.69) is 10.2 Å². The standard InChI is InChI=1S/C20H24FN3O5S/c1-13(22-18-5-4-16(30(2,28)29)12-20(18)24(26)27)17-11-14(21)3-6-19(17)23-9-7-15(25)8-10-23/h3-6,11-13,15,22,25H,7-10H2,1-2H3. The molecule has 0 radical (unpaired) electrons. The minimum atomic E-state index is -3.60. The lowest BCUT2D eigenvalue weighted by Gasteiger charge is -2.34. The monoisotopic (exact) mass is 437 g/mol. The minimum Gasteiger partial charge on any atom is -0.393 e. The van der Waals surface area contributed by atoms with Gasteiger partial charge in [-0.2, -0.15) is 0 Å². The summed E-state index contributed by atoms with van der Waals surface area (Å²) in [6.07, 6.45) is 1.85. The summed E-state index contributed by atoms with van der Waals surface area (Å²) < 4.78 is 37.5. The van der Waals surface area contributed by atoms with Crippen LogP contribution in [0.3, 0.4) is 0 Å². The Hall–Kier alpha value is -2.72. The number of nitrogens with zero attached hydrogens (tertiary/aromatic N) is 2. The van der Waals surface area contributed by atoms with Gasteiger partial charge in [0.05, 0.1) is 22.0 Å². The Morgan fingerprint density at radius 2 is 1.90 bits per heavy atom. The fourth-order valence-electron chi connectivity index (χ4n) is 3.59. The van der Waals surface area contributed by atoms with E-state index in [9.17, 15) is 28.0 Å². The van der Waals surface area contributed by atoms with E-state index in [0.29, 0.717) is 31.5 Å². The molecule has 1 aliphatic rings. The van der Waals surface area contributed by atoms with Gasteiger partial charge in [-0.1, -0.05) is 0 Å². The predicted octanol–water partition coefficient (Wildman–Crippen LogP) is 3.27. The number of nitrogens with one attached hydrogen (secondary N) is 1. The SMILES string of the molecule is CC(Nc1ccc(S(C)(=O)=O)cc1[N+](=O)[O-])c1cc(F)ccc1N1CCC(O)CC1. The number of benzene rings is 2. The largest absolute Gasteiger partial charge is 0.393 e. The third-order valence-electron chi connectivity index (χ3n) is 5.23. The van der Waals surface area contributed by atoms with Crippen molar-refractivity contribution >= 4 is 26.9 Å². The van der Waals surface area contributed by atoms with Gasteiger partial charge in [0.25, 0.3) is 5.69 Å². The first-order valence-corrected chi connectivity index (χ1v) is 11.4. The summed E-state index contributed by atoms with van der Waals surface area (Å²) >= 11 is 0. The Morgan fingerprint density at radius 3 is 2.50 bits per heavy atom. The van der Waals surface area contributed by atoms with Crippen molar-refractivity contribution in [2.45, 2.75) is 36.8 Å². The number of piperidine rings is 1. The van der Waals surface area contributed by atoms with Crippen LogP contribution in [0.2, 0.25) is 0 Å². The van der Waals surface area contributed by atoms with Crippen molar-refractivity contribution in [3.63, 3.8) is 0 Å². The van der Waals surface area contributed by atoms with Crippen molar-refractivity contribution in [1.82, 2.24) is 0 Å². The number of hydrogen-bond acceptors (Lipinski definition) is 7. The second kappa shape index (κ2) is 8.57. The number of hydrogen-bond donors (Lipinski definition) is 2. The van der Waals surface area contributed by atoms with Crippen LogP contribution in [-0.2, 0) is 9.84 Å². The smallest absolute Gasteiger partial charge is 0.293 e. The fraction of sp³-hybridized carbons (Fsp3) is 0.400. The second-order valence-electron chi connectivity index (χ2n) is 7.50. The van der Waals surface area contributed by atoms with E-state index >= 15 is 0 Å². The van der Waals surface area contributed by atoms with Crippen LogP contribution >= 0.6 is 0 Å². The Balaban J connectivity index is 1.94. The molecule has 1 fully saturated rings. The van der Waals surface area contributed by atoms with Crippen LogP contribution in [0.1, 0.15) is 31.4 Å². The first-order chi connectivity index (χ1) is 14.1. The topological polar surface area (TPSA) is 113 Å². The molecular formula is C20H24FN3O5S. The van der Waals surface area contributed by atoms with Crippen molar-refractivity contribution in [2.24, 2.45) is 0 Å². The highest BCUT2D eigenvalue weighted by Crippen LogP contribution is 2.35. The molecule has 30 heavy (non-hydrogen) atoms. The average Bonchev–Trinajstić information content (AvgIpc) is 2.68. The number of nitro groups is 1. The zero-order chi connectivity index (χ0) is 22.1. The normalized spacial score (nSPS) is 16.3. The van der Waals surface area contributed by atoms with Crippen LogP contribution in [-0.4, -0.2) is 43.9 Å². The lowest BCUT2D eigenvalue weighted by atomic mass is 10.0. The van der Waals surface area contributed by atoms with Crippen LogP contribution in [0.5, 0.6) is 0 Å². The second-order valence-corrected chi connectivity index (χ2v) is 9.51. The molecule has 1 heterocycles. The van der Waals surface area contributed by atoms with Crippen molar-refractivity contribution < 1.29 is 22.8 Å². The molecule has 10 heteroatoms. The van der Waals surface area contributed by atoms with Gasteiger partial charge in [-0.25, -0.2) is 12.8 Å². The molecule has 2 N–H and O–H groups in total. The Bertz CT molecular complexity index is 1050. The summed E-state index contributed by atoms with van der Waals surface area (Å²) in [5.41, 5.74) is 1.18. The van der Waals surface area contributed by atoms with E-state index < -0.39 is 26.6 Å². The molecule has 1 unspecified atom stereocenters. The van der Waals surface area contributed by atoms with Gasteiger partial charge in [0, 0.05) is 36.7 Å². The Kier molecular flexibility index (Phi) is 6.27. The molecule has 0 saturated carbocycles. The molecule has 0 bridgehead atoms. The third kappa shape index (κ3) is 4.88. The van der Waals surface area contributed by atoms with Crippen molar-refractivity contribution in [3.8, 4) is 0 Å². The number of anilines is 2. The quantitative estimate of drug-likeness (QED) is 0.527. The van der Waals surface area contributed by atoms with Crippen molar-refractivity contribution in [1.29, 1.82) is 0 Å². The summed E-state index contributed by atoms with van der Waals surface area (Å²) in [4.78, 5) is 12.8. The number of sulfone groups is 1. The molecule has 1 aliphatic heterocycles. The van der Waals surface area contributed by atoms with Gasteiger partial charge in [0.2, 0.25) is 0 Å². The number of aliphatic hydroxyl groups is 1. The molecule has 162 valence electrons. The number of halogens is 1. The maximum Gasteiger partial charge on any atom is 0.293 e. The number of aliphatic hydroxyl groups excluding tert-OH is 1. The van der Waals surface area contributed by atoms with Gasteiger partial charge in [-0.3, -0.25) is 10.1 Å². The van der Waals surface area contributed by atoms with E-state index in [-0.39, 0.29) is 22.4 Å². The number of nitro benzene ring substituents is 1. The first kappa shape index (κ1) is 22.0. The zero-order valence-corrected chi connectivity index (χ0v) is 17.5. The fourth-order valence-corrected chi connectivity index (χ4v) is 4.23. The minimum absolute atomic E-state index is 0.143. The van der Waals surface area contributed by atoms with Gasteiger partial charge in [-0.15, -0.1) is 0 Å². The van der Waals surface area contributed by atoms with Crippen LogP contribution < -0.4 is 10.2 Å². The Morgan fingerprint density at radius 1 is 1.23 bits per heavy atom. The summed E-state index contributed by atoms with van der Waals surface area (Å²) in [6, 6.07) is 7.58. The van der Waals surface area contributed by atoms with Gasteiger partial charge in [0.15, 0.2) is 9.84 Å². The van der Waals surface area contributed by atoms with Crippen molar-refractivity contribution in [3.05, 3.63) is 57.9 Å². The predicted molar refractivity (Wildman–Crippen MR) is 112 cm³/mol. The Labute approximate surface area is 174 Å². The van der Waals surface area contributed by atoms with Gasteiger partial charge in [-0.05, 0) is 50.1 Å². The van der Waals surface area contributed by atoms with E-state index in [0.717, 1.165) is 18.0 Å². The molecule has 2 aromatic rings. The molecule has 1 saturated heterocycles. The summed E-state index contributed by atoms with van der Waals surface area (Å²) in [5.74, 6) is -0.429. The molecular weight excluding hydrogens is 413 g/mol. The van der Waals surface area contributed by atoms with E-state index in [4.69, 9.17) is 0 Å². The van der Waals surface area contributed by atoms with E-state index in [1.165, 1.54) is 24.3 Å². The van der Waals surface area contributed by atoms with Crippen LogP contribution in [0, 0.1) is 15.9 Å². The van der Waals surface area contributed by atoms with E-state index in [1.807, 2.05) is 0 Å². The maximum atomic E-state index is 14.0. The molecule has 1 atom stereocenters. The van der Waals surface area contributed by atoms with Crippen molar-refractivity contribution in [2.75, 3.05) is 29.6 Å². The molecule has 0 aliphatic carbocycles. The maximum absolute atomic E-state index is 14.0. The number of rotatable bonds is 6. The average molecular weight is 437 g/mol. The molecule has 0 spiro atoms. The molecule has 8 nitrogen and oxygen atoms in total. The van der Waals surface area contributed by atoms with Gasteiger partial charge < -0.3 is 15.3 Å². The van der Waals surface area contributed by atoms with Crippen LogP contribution in [0.25, 0.3) is 0 Å². The van der Waals surface area contributed by atoms with E-state index in [1.54, 1.807) is 13.0 Å². The highest BCUT2D eigenvalue weighted by Gasteiger charge is 2.24. The summed E-state index contributed by atoms with van der Waals surface area (Å²) in [5, 5.41) is 24.3. The zero-order valence-electron chi connectivity index (χ0n) is 16.7. The van der Waals surface area contributed by atoms with Crippen LogP contribution in [0.4, 0.5) is 21.5 Å². The highest BCUT2D eigenvalue weighted by atomic mass is 32.2. The summed E-state index contributed by atoms with van der Waals surface area (Å²) in [6.45, 7) is 3.00. The molecule has 2 aromatic carbocycles. The van der Waals surface area contributed by atoms with Gasteiger partial charge >= 0.3 is 0 Å². The molecule has 0 amide bonds. The lowest BCUT2D eigenvalue weighted by Crippen LogP contribution is -2.36. The molecule has 0 aromatic heterocycles. The summed E-state index contributed by atoms with van der Waals surface area (Å²) in [7, 11) is -3.60. The molecule has 3 rings (SSSR count). The third-order valence-corrected chi connectivity index (χ3v) is 6.34. The first-order valence-electron chi connectivity index (χ1n) is 9.53. The van der Waals surface area contributed by atoms with Gasteiger partial charge in [0.1, 0.15) is 11.5 Å².